The van der Waals surface area contributed by atoms with Crippen LogP contribution in [0.3, 0.4) is 0 Å². The zero-order valence-corrected chi connectivity index (χ0v) is 31.6. The average Bonchev–Trinajstić information content (AvgIpc) is 3.17. The van der Waals surface area contributed by atoms with Gasteiger partial charge in [0.2, 0.25) is 29.5 Å². The minimum atomic E-state index is -1.68. The molecule has 8 N–H and O–H groups in total. The van der Waals surface area contributed by atoms with Crippen LogP contribution in [-0.2, 0) is 40.0 Å². The molecule has 0 radical (unpaired) electrons. The molecule has 0 bridgehead atoms. The second-order valence-corrected chi connectivity index (χ2v) is 13.5. The van der Waals surface area contributed by atoms with Crippen LogP contribution in [0.25, 0.3) is 0 Å². The molecule has 0 fully saturated rings. The van der Waals surface area contributed by atoms with Gasteiger partial charge in [0.05, 0.1) is 12.2 Å². The van der Waals surface area contributed by atoms with Crippen molar-refractivity contribution in [2.24, 2.45) is 5.92 Å². The highest BCUT2D eigenvalue weighted by Gasteiger charge is 2.33. The van der Waals surface area contributed by atoms with Crippen molar-refractivity contribution in [3.63, 3.8) is 0 Å². The third kappa shape index (κ3) is 14.9. The van der Waals surface area contributed by atoms with Crippen LogP contribution < -0.4 is 31.3 Å². The number of carboxylic acids is 2. The number of ether oxygens (including phenoxy) is 1. The van der Waals surface area contributed by atoms with E-state index >= 15 is 0 Å². The minimum Gasteiger partial charge on any atom is -0.481 e. The molecule has 0 aliphatic rings. The second-order valence-electron chi connectivity index (χ2n) is 13.5. The Morgan fingerprint density at radius 2 is 1.18 bits per heavy atom. The van der Waals surface area contributed by atoms with Gasteiger partial charge in [-0.15, -0.1) is 0 Å². The first kappa shape index (κ1) is 44.8. The molecule has 0 unspecified atom stereocenters. The Hall–Kier alpha value is -6.62. The van der Waals surface area contributed by atoms with Crippen molar-refractivity contribution in [2.75, 3.05) is 6.61 Å². The van der Waals surface area contributed by atoms with Crippen LogP contribution in [0.5, 0.6) is 5.75 Å². The Morgan fingerprint density at radius 1 is 0.632 bits per heavy atom. The van der Waals surface area contributed by atoms with Crippen LogP contribution in [0.4, 0.5) is 0 Å². The summed E-state index contributed by atoms with van der Waals surface area (Å²) in [6, 6.07) is 14.7. The zero-order chi connectivity index (χ0) is 42.1. The molecule has 0 aliphatic heterocycles. The van der Waals surface area contributed by atoms with E-state index in [0.717, 1.165) is 0 Å². The van der Waals surface area contributed by atoms with E-state index in [2.05, 4.69) is 26.6 Å². The first-order valence-corrected chi connectivity index (χ1v) is 18.0. The number of carboxylic acid groups (broad SMARTS) is 2. The van der Waals surface area contributed by atoms with E-state index in [-0.39, 0.29) is 35.6 Å². The van der Waals surface area contributed by atoms with Gasteiger partial charge in [0, 0.05) is 19.8 Å². The molecule has 3 aromatic rings. The fraction of sp³-hybridized carbons (Fsp3) is 0.350. The van der Waals surface area contributed by atoms with Crippen LogP contribution >= 0.6 is 0 Å². The number of rotatable bonds is 21. The summed E-state index contributed by atoms with van der Waals surface area (Å²) in [7, 11) is 0. The maximum Gasteiger partial charge on any atom is 0.343 e. The summed E-state index contributed by atoms with van der Waals surface area (Å²) in [5, 5.41) is 41.3. The molecule has 0 saturated heterocycles. The van der Waals surface area contributed by atoms with Gasteiger partial charge in [-0.2, -0.15) is 0 Å². The third-order valence-corrected chi connectivity index (χ3v) is 8.38. The molecule has 0 saturated carbocycles. The number of nitrogens with one attached hydrogen (secondary N) is 5. The largest absolute Gasteiger partial charge is 0.481 e. The first-order chi connectivity index (χ1) is 27.1. The molecule has 0 heterocycles. The van der Waals surface area contributed by atoms with Crippen molar-refractivity contribution in [1.29, 1.82) is 0 Å². The Kier molecular flexibility index (Phi) is 17.3. The van der Waals surface area contributed by atoms with Gasteiger partial charge in [0.25, 0.3) is 0 Å². The number of carbonyl (C=O) groups is 8. The van der Waals surface area contributed by atoms with Gasteiger partial charge in [-0.3, -0.25) is 28.8 Å². The monoisotopic (exact) mass is 789 g/mol. The van der Waals surface area contributed by atoms with E-state index in [0.29, 0.717) is 5.56 Å². The number of hydrogen-bond acceptors (Lipinski definition) is 10. The topological polar surface area (TPSA) is 267 Å². The van der Waals surface area contributed by atoms with Crippen molar-refractivity contribution < 1.29 is 58.4 Å². The number of carbonyl (C=O) groups excluding carboxylic acids is 6. The van der Waals surface area contributed by atoms with Gasteiger partial charge in [0.15, 0.2) is 0 Å². The highest BCUT2D eigenvalue weighted by atomic mass is 16.5. The Balaban J connectivity index is 1.92. The average molecular weight is 790 g/mol. The lowest BCUT2D eigenvalue weighted by Crippen LogP contribution is -2.57. The lowest BCUT2D eigenvalue weighted by molar-refractivity contribution is -0.143. The molecule has 3 aromatic carbocycles. The van der Waals surface area contributed by atoms with Crippen molar-refractivity contribution >= 4 is 47.4 Å². The maximum atomic E-state index is 14.0. The molecule has 17 nitrogen and oxygen atoms in total. The predicted molar refractivity (Wildman–Crippen MR) is 203 cm³/mol. The second kappa shape index (κ2) is 22.1. The van der Waals surface area contributed by atoms with Crippen LogP contribution in [0, 0.1) is 5.92 Å². The molecule has 5 atom stereocenters. The molecule has 17 heteroatoms. The Labute approximate surface area is 328 Å². The van der Waals surface area contributed by atoms with Crippen molar-refractivity contribution in [1.82, 2.24) is 26.6 Å². The van der Waals surface area contributed by atoms with E-state index in [4.69, 9.17) is 4.74 Å². The van der Waals surface area contributed by atoms with E-state index in [1.807, 2.05) is 0 Å². The molecular formula is C40H47N5O12. The van der Waals surface area contributed by atoms with Crippen LogP contribution in [0.1, 0.15) is 67.6 Å². The molecule has 3 rings (SSSR count). The molecule has 0 spiro atoms. The summed E-state index contributed by atoms with van der Waals surface area (Å²) < 4.78 is 5.41. The third-order valence-electron chi connectivity index (χ3n) is 8.38. The van der Waals surface area contributed by atoms with Gasteiger partial charge in [-0.05, 0) is 54.2 Å². The van der Waals surface area contributed by atoms with Crippen molar-refractivity contribution in [3.05, 3.63) is 102 Å². The highest BCUT2D eigenvalue weighted by Crippen LogP contribution is 2.21. The van der Waals surface area contributed by atoms with Crippen LogP contribution in [0.15, 0.2) is 84.9 Å². The minimum absolute atomic E-state index is 0.0307. The number of hydrogen-bond donors (Lipinski definition) is 8. The lowest BCUT2D eigenvalue weighted by Gasteiger charge is -2.27. The molecular weight excluding hydrogens is 742 g/mol. The lowest BCUT2D eigenvalue weighted by atomic mass is 10.0. The van der Waals surface area contributed by atoms with Crippen molar-refractivity contribution in [3.8, 4) is 5.75 Å². The van der Waals surface area contributed by atoms with Crippen LogP contribution in [0.2, 0.25) is 0 Å². The van der Waals surface area contributed by atoms with Gasteiger partial charge >= 0.3 is 17.9 Å². The molecule has 57 heavy (non-hydrogen) atoms. The number of benzene rings is 3. The Morgan fingerprint density at radius 3 is 1.72 bits per heavy atom. The smallest absolute Gasteiger partial charge is 0.343 e. The maximum absolute atomic E-state index is 14.0. The van der Waals surface area contributed by atoms with Gasteiger partial charge < -0.3 is 46.6 Å². The fourth-order valence-corrected chi connectivity index (χ4v) is 5.54. The first-order valence-electron chi connectivity index (χ1n) is 18.0. The van der Waals surface area contributed by atoms with Gasteiger partial charge in [-0.25, -0.2) is 9.59 Å². The van der Waals surface area contributed by atoms with Gasteiger partial charge in [-0.1, -0.05) is 74.5 Å². The summed E-state index contributed by atoms with van der Waals surface area (Å²) in [5.74, 6) is -7.90. The molecule has 0 aromatic heterocycles. The zero-order valence-electron chi connectivity index (χ0n) is 31.6. The number of aliphatic carboxylic acids is 2. The summed E-state index contributed by atoms with van der Waals surface area (Å²) in [4.78, 5) is 102. The van der Waals surface area contributed by atoms with Crippen molar-refractivity contribution in [2.45, 2.75) is 76.7 Å². The quantitative estimate of drug-likeness (QED) is 0.0560. The fourth-order valence-electron chi connectivity index (χ4n) is 5.54. The number of aliphatic hydroxyl groups is 1. The number of aliphatic hydroxyl groups excluding tert-OH is 1. The summed E-state index contributed by atoms with van der Waals surface area (Å²) in [6.45, 7) is 3.72. The number of esters is 1. The van der Waals surface area contributed by atoms with E-state index < -0.39 is 97.1 Å². The van der Waals surface area contributed by atoms with E-state index in [1.165, 1.54) is 31.2 Å². The SMILES string of the molecule is CC(=O)N[C@@H](Cc1ccccc1)C(=O)N[C@@H](CO)C(=O)N[C@H](C(=O)N[C@@H](CCC(=O)O)C(=O)N[C@@H](CC(C)C)C(=O)O)c1ccc(OC(=O)c2ccccc2)cc1. The summed E-state index contributed by atoms with van der Waals surface area (Å²) >= 11 is 0. The standard InChI is InChI=1S/C40H47N5O12/c1-23(2)20-31(39(54)55)43-35(50)29(18-19-33(48)49)42-38(53)34(26-14-16-28(17-15-26)57-40(56)27-12-8-5-9-13-27)45-37(52)32(22-46)44-36(51)30(41-24(3)47)21-25-10-6-4-7-11-25/h4-17,23,29-32,34,46H,18-22H2,1-3H3,(H,41,47)(H,42,53)(H,43,50)(H,44,51)(H,45,52)(H,48,49)(H,54,55)/t29-,30-,31-,32-,34-/m0/s1. The predicted octanol–water partition coefficient (Wildman–Crippen LogP) is 1.25. The Bertz CT molecular complexity index is 1870. The molecule has 0 aliphatic carbocycles. The van der Waals surface area contributed by atoms with E-state index in [1.54, 1.807) is 74.5 Å². The highest BCUT2D eigenvalue weighted by molar-refractivity contribution is 5.97. The summed E-state index contributed by atoms with van der Waals surface area (Å²) in [5.41, 5.74) is 1.01. The summed E-state index contributed by atoms with van der Waals surface area (Å²) in [6.07, 6.45) is -0.992. The number of amides is 5. The van der Waals surface area contributed by atoms with Crippen LogP contribution in [-0.4, -0.2) is 93.5 Å². The normalized spacial score (nSPS) is 13.4. The molecule has 5 amide bonds. The van der Waals surface area contributed by atoms with E-state index in [9.17, 15) is 53.7 Å². The molecule has 304 valence electrons. The van der Waals surface area contributed by atoms with Gasteiger partial charge in [0.1, 0.15) is 36.0 Å².